The molecule has 0 atom stereocenters. The highest BCUT2D eigenvalue weighted by molar-refractivity contribution is 9.10. The first-order chi connectivity index (χ1) is 13.0. The summed E-state index contributed by atoms with van der Waals surface area (Å²) in [6, 6.07) is 3.94. The monoisotopic (exact) mass is 441 g/mol. The molecule has 1 N–H and O–H groups in total. The van der Waals surface area contributed by atoms with Gasteiger partial charge < -0.3 is 24.4 Å². The van der Waals surface area contributed by atoms with Gasteiger partial charge in [-0.25, -0.2) is 0 Å². The van der Waals surface area contributed by atoms with Crippen LogP contribution in [0.15, 0.2) is 21.6 Å². The van der Waals surface area contributed by atoms with Crippen molar-refractivity contribution < 1.29 is 19.0 Å². The van der Waals surface area contributed by atoms with Crippen molar-refractivity contribution in [1.82, 2.24) is 10.2 Å². The molecule has 7 nitrogen and oxygen atoms in total. The number of likely N-dealkylation sites (tertiary alicyclic amines) is 1. The van der Waals surface area contributed by atoms with Gasteiger partial charge in [0.25, 0.3) is 0 Å². The number of carbonyl (C=O) groups is 1. The minimum Gasteiger partial charge on any atom is -0.493 e. The second-order valence-electron chi connectivity index (χ2n) is 6.23. The van der Waals surface area contributed by atoms with Gasteiger partial charge in [0.05, 0.1) is 31.2 Å². The van der Waals surface area contributed by atoms with Gasteiger partial charge in [-0.05, 0) is 53.4 Å². The highest BCUT2D eigenvalue weighted by Gasteiger charge is 2.27. The Labute approximate surface area is 169 Å². The maximum atomic E-state index is 11.9. The molecule has 150 valence electrons. The summed E-state index contributed by atoms with van der Waals surface area (Å²) in [5, 5.41) is 3.38. The Morgan fingerprint density at radius 2 is 2.00 bits per heavy atom. The van der Waals surface area contributed by atoms with Gasteiger partial charge >= 0.3 is 5.97 Å². The van der Waals surface area contributed by atoms with Crippen molar-refractivity contribution in [1.29, 1.82) is 0 Å². The molecule has 1 aromatic rings. The molecule has 0 saturated carbocycles. The van der Waals surface area contributed by atoms with Crippen LogP contribution in [0.3, 0.4) is 0 Å². The van der Waals surface area contributed by atoms with E-state index in [1.807, 2.05) is 19.1 Å². The van der Waals surface area contributed by atoms with Gasteiger partial charge in [-0.15, -0.1) is 0 Å². The van der Waals surface area contributed by atoms with Crippen molar-refractivity contribution >= 4 is 27.9 Å². The fourth-order valence-electron chi connectivity index (χ4n) is 3.17. The SMILES string of the molecule is CCOC(=O)C1CCN(C(=NC)NCc2cc(Br)c(OC)c(OC)c2)CC1. The van der Waals surface area contributed by atoms with Crippen LogP contribution in [0, 0.1) is 5.92 Å². The summed E-state index contributed by atoms with van der Waals surface area (Å²) in [6.45, 7) is 4.43. The summed E-state index contributed by atoms with van der Waals surface area (Å²) < 4.78 is 16.7. The first-order valence-corrected chi connectivity index (χ1v) is 9.85. The predicted molar refractivity (Wildman–Crippen MR) is 108 cm³/mol. The molecule has 1 fully saturated rings. The highest BCUT2D eigenvalue weighted by atomic mass is 79.9. The largest absolute Gasteiger partial charge is 0.493 e. The number of ether oxygens (including phenoxy) is 3. The predicted octanol–water partition coefficient (Wildman–Crippen LogP) is 2.82. The Balaban J connectivity index is 1.95. The molecular weight excluding hydrogens is 414 g/mol. The van der Waals surface area contributed by atoms with E-state index in [2.05, 4.69) is 31.1 Å². The Morgan fingerprint density at radius 1 is 1.30 bits per heavy atom. The molecule has 1 heterocycles. The van der Waals surface area contributed by atoms with Crippen LogP contribution in [-0.2, 0) is 16.1 Å². The minimum atomic E-state index is -0.0877. The van der Waals surface area contributed by atoms with Crippen molar-refractivity contribution in [3.63, 3.8) is 0 Å². The summed E-state index contributed by atoms with van der Waals surface area (Å²) in [7, 11) is 5.00. The molecule has 1 saturated heterocycles. The lowest BCUT2D eigenvalue weighted by Gasteiger charge is -2.33. The van der Waals surface area contributed by atoms with Gasteiger partial charge in [0.2, 0.25) is 0 Å². The smallest absolute Gasteiger partial charge is 0.309 e. The van der Waals surface area contributed by atoms with Crippen molar-refractivity contribution in [2.24, 2.45) is 10.9 Å². The molecule has 0 amide bonds. The van der Waals surface area contributed by atoms with Gasteiger partial charge in [-0.3, -0.25) is 9.79 Å². The summed E-state index contributed by atoms with van der Waals surface area (Å²) in [4.78, 5) is 18.4. The number of rotatable bonds is 6. The lowest BCUT2D eigenvalue weighted by molar-refractivity contribution is -0.149. The van der Waals surface area contributed by atoms with E-state index in [-0.39, 0.29) is 11.9 Å². The highest BCUT2D eigenvalue weighted by Crippen LogP contribution is 2.36. The molecular formula is C19H28BrN3O4. The van der Waals surface area contributed by atoms with Crippen LogP contribution in [0.5, 0.6) is 11.5 Å². The zero-order valence-corrected chi connectivity index (χ0v) is 18.0. The summed E-state index contributed by atoms with van der Waals surface area (Å²) >= 11 is 3.52. The zero-order chi connectivity index (χ0) is 19.8. The molecule has 0 aliphatic carbocycles. The number of methoxy groups -OCH3 is 2. The van der Waals surface area contributed by atoms with Crippen molar-refractivity contribution in [3.8, 4) is 11.5 Å². The van der Waals surface area contributed by atoms with Crippen molar-refractivity contribution in [2.45, 2.75) is 26.3 Å². The van der Waals surface area contributed by atoms with Crippen LogP contribution in [0.25, 0.3) is 0 Å². The Bertz CT molecular complexity index is 673. The maximum absolute atomic E-state index is 11.9. The van der Waals surface area contributed by atoms with E-state index in [1.54, 1.807) is 21.3 Å². The Hall–Kier alpha value is -1.96. The van der Waals surface area contributed by atoms with E-state index < -0.39 is 0 Å². The Morgan fingerprint density at radius 3 is 2.56 bits per heavy atom. The molecule has 1 aromatic carbocycles. The third-order valence-corrected chi connectivity index (χ3v) is 5.16. The number of benzene rings is 1. The van der Waals surface area contributed by atoms with E-state index in [4.69, 9.17) is 14.2 Å². The number of nitrogens with zero attached hydrogens (tertiary/aromatic N) is 2. The van der Waals surface area contributed by atoms with Gasteiger partial charge in [0.1, 0.15) is 0 Å². The second kappa shape index (κ2) is 10.4. The molecule has 0 unspecified atom stereocenters. The molecule has 8 heteroatoms. The van der Waals surface area contributed by atoms with Crippen LogP contribution < -0.4 is 14.8 Å². The first kappa shape index (κ1) is 21.3. The second-order valence-corrected chi connectivity index (χ2v) is 7.08. The quantitative estimate of drug-likeness (QED) is 0.415. The van der Waals surface area contributed by atoms with Gasteiger partial charge in [-0.1, -0.05) is 0 Å². The number of nitrogens with one attached hydrogen (secondary N) is 1. The van der Waals surface area contributed by atoms with E-state index >= 15 is 0 Å². The number of hydrogen-bond acceptors (Lipinski definition) is 5. The number of hydrogen-bond donors (Lipinski definition) is 1. The molecule has 2 rings (SSSR count). The van der Waals surface area contributed by atoms with Crippen LogP contribution >= 0.6 is 15.9 Å². The van der Waals surface area contributed by atoms with Gasteiger partial charge in [-0.2, -0.15) is 0 Å². The number of esters is 1. The van der Waals surface area contributed by atoms with Crippen LogP contribution in [0.1, 0.15) is 25.3 Å². The number of halogens is 1. The van der Waals surface area contributed by atoms with Crippen LogP contribution in [-0.4, -0.2) is 57.8 Å². The van der Waals surface area contributed by atoms with Gasteiger partial charge in [0.15, 0.2) is 17.5 Å². The molecule has 27 heavy (non-hydrogen) atoms. The Kier molecular flexibility index (Phi) is 8.22. The number of carbonyl (C=O) groups excluding carboxylic acids is 1. The normalized spacial score (nSPS) is 15.4. The van der Waals surface area contributed by atoms with E-state index in [9.17, 15) is 4.79 Å². The number of piperidine rings is 1. The number of aliphatic imine (C=N–C) groups is 1. The maximum Gasteiger partial charge on any atom is 0.309 e. The zero-order valence-electron chi connectivity index (χ0n) is 16.4. The lowest BCUT2D eigenvalue weighted by Crippen LogP contribution is -2.46. The average Bonchev–Trinajstić information content (AvgIpc) is 2.68. The summed E-state index contributed by atoms with van der Waals surface area (Å²) in [6.07, 6.45) is 1.56. The fourth-order valence-corrected chi connectivity index (χ4v) is 3.83. The molecule has 1 aliphatic heterocycles. The van der Waals surface area contributed by atoms with Crippen molar-refractivity contribution in [2.75, 3.05) is 41.0 Å². The van der Waals surface area contributed by atoms with E-state index in [0.717, 1.165) is 41.9 Å². The summed E-state index contributed by atoms with van der Waals surface area (Å²) in [5.74, 6) is 2.07. The topological polar surface area (TPSA) is 72.4 Å². The first-order valence-electron chi connectivity index (χ1n) is 9.06. The molecule has 0 radical (unpaired) electrons. The third kappa shape index (κ3) is 5.51. The summed E-state index contributed by atoms with van der Waals surface area (Å²) in [5.41, 5.74) is 1.04. The van der Waals surface area contributed by atoms with Crippen LogP contribution in [0.4, 0.5) is 0 Å². The standard InChI is InChI=1S/C19H28BrN3O4/c1-5-27-18(24)14-6-8-23(9-7-14)19(21-2)22-12-13-10-15(20)17(26-4)16(11-13)25-3/h10-11,14H,5-9,12H2,1-4H3,(H,21,22). The fraction of sp³-hybridized carbons (Fsp3) is 0.579. The van der Waals surface area contributed by atoms with E-state index in [1.165, 1.54) is 0 Å². The molecule has 1 aliphatic rings. The lowest BCUT2D eigenvalue weighted by atomic mass is 9.97. The average molecular weight is 442 g/mol. The van der Waals surface area contributed by atoms with Gasteiger partial charge in [0, 0.05) is 26.7 Å². The van der Waals surface area contributed by atoms with Crippen LogP contribution in [0.2, 0.25) is 0 Å². The third-order valence-electron chi connectivity index (χ3n) is 4.57. The molecule has 0 aromatic heterocycles. The van der Waals surface area contributed by atoms with Crippen molar-refractivity contribution in [3.05, 3.63) is 22.2 Å². The molecule has 0 spiro atoms. The number of guanidine groups is 1. The molecule has 0 bridgehead atoms. The van der Waals surface area contributed by atoms with E-state index in [0.29, 0.717) is 24.7 Å². The minimum absolute atomic E-state index is 0.0129.